The second kappa shape index (κ2) is 7.86. The number of carbonyl (C=O) groups excluding carboxylic acids is 1. The summed E-state index contributed by atoms with van der Waals surface area (Å²) in [6.45, 7) is 3.45. The molecule has 2 aliphatic rings. The highest BCUT2D eigenvalue weighted by Gasteiger charge is 2.52. The summed E-state index contributed by atoms with van der Waals surface area (Å²) in [7, 11) is 1.67. The van der Waals surface area contributed by atoms with Gasteiger partial charge in [-0.25, -0.2) is 0 Å². The van der Waals surface area contributed by atoms with Gasteiger partial charge in [0.05, 0.1) is 31.4 Å². The minimum absolute atomic E-state index is 0.251. The zero-order valence-corrected chi connectivity index (χ0v) is 16.9. The Morgan fingerprint density at radius 1 is 1.04 bits per heavy atom. The molecule has 2 aromatic carbocycles. The predicted octanol–water partition coefficient (Wildman–Crippen LogP) is 5.23. The van der Waals surface area contributed by atoms with Crippen LogP contribution < -0.4 is 14.4 Å². The molecule has 4 heteroatoms. The molecule has 0 atom stereocenters. The van der Waals surface area contributed by atoms with Gasteiger partial charge in [-0.1, -0.05) is 44.4 Å². The number of amides is 1. The maximum atomic E-state index is 13.5. The van der Waals surface area contributed by atoms with Crippen LogP contribution in [0, 0.1) is 0 Å². The molecule has 1 fully saturated rings. The van der Waals surface area contributed by atoms with E-state index in [4.69, 9.17) is 9.47 Å². The van der Waals surface area contributed by atoms with Gasteiger partial charge >= 0.3 is 0 Å². The number of hydrogen-bond acceptors (Lipinski definition) is 3. The fourth-order valence-electron chi connectivity index (χ4n) is 4.58. The van der Waals surface area contributed by atoms with Gasteiger partial charge in [-0.2, -0.15) is 0 Å². The lowest BCUT2D eigenvalue weighted by atomic mass is 9.80. The molecule has 0 radical (unpaired) electrons. The van der Waals surface area contributed by atoms with Crippen molar-refractivity contribution < 1.29 is 14.3 Å². The van der Waals surface area contributed by atoms with Crippen molar-refractivity contribution in [1.29, 1.82) is 0 Å². The number of nitrogens with zero attached hydrogens (tertiary/aromatic N) is 1. The van der Waals surface area contributed by atoms with Crippen molar-refractivity contribution in [3.63, 3.8) is 0 Å². The van der Waals surface area contributed by atoms with Gasteiger partial charge in [0.1, 0.15) is 11.5 Å². The van der Waals surface area contributed by atoms with Crippen LogP contribution in [0.25, 0.3) is 0 Å². The Hall–Kier alpha value is -2.49. The fourth-order valence-corrected chi connectivity index (χ4v) is 4.58. The smallest absolute Gasteiger partial charge is 0.238 e. The molecule has 4 nitrogen and oxygen atoms in total. The van der Waals surface area contributed by atoms with E-state index in [1.54, 1.807) is 7.11 Å². The molecule has 1 spiro atoms. The molecule has 1 saturated carbocycles. The molecule has 0 aromatic heterocycles. The first-order chi connectivity index (χ1) is 13.7. The van der Waals surface area contributed by atoms with E-state index in [0.717, 1.165) is 61.3 Å². The minimum atomic E-state index is -0.330. The van der Waals surface area contributed by atoms with Crippen LogP contribution in [0.4, 0.5) is 5.69 Å². The Morgan fingerprint density at radius 2 is 1.75 bits per heavy atom. The zero-order valence-electron chi connectivity index (χ0n) is 16.9. The van der Waals surface area contributed by atoms with E-state index in [9.17, 15) is 4.79 Å². The summed E-state index contributed by atoms with van der Waals surface area (Å²) >= 11 is 0. The highest BCUT2D eigenvalue weighted by Crippen LogP contribution is 2.52. The predicted molar refractivity (Wildman–Crippen MR) is 111 cm³/mol. The van der Waals surface area contributed by atoms with E-state index in [2.05, 4.69) is 19.1 Å². The summed E-state index contributed by atoms with van der Waals surface area (Å²) in [6.07, 6.45) is 6.29. The molecule has 1 aliphatic carbocycles. The Balaban J connectivity index is 1.66. The number of ether oxygens (including phenoxy) is 2. The van der Waals surface area contributed by atoms with Crippen molar-refractivity contribution in [2.45, 2.75) is 57.4 Å². The first-order valence-electron chi connectivity index (χ1n) is 10.4. The van der Waals surface area contributed by atoms with Gasteiger partial charge in [0, 0.05) is 6.07 Å². The van der Waals surface area contributed by atoms with Crippen LogP contribution in [-0.4, -0.2) is 19.6 Å². The van der Waals surface area contributed by atoms with Crippen LogP contribution in [-0.2, 0) is 16.8 Å². The lowest BCUT2D eigenvalue weighted by molar-refractivity contribution is -0.123. The molecule has 4 rings (SSSR count). The number of benzene rings is 2. The quantitative estimate of drug-likeness (QED) is 0.618. The molecule has 1 heterocycles. The number of methoxy groups -OCH3 is 1. The van der Waals surface area contributed by atoms with Crippen molar-refractivity contribution in [2.75, 3.05) is 18.6 Å². The summed E-state index contributed by atoms with van der Waals surface area (Å²) in [5.41, 5.74) is 2.99. The third kappa shape index (κ3) is 3.25. The van der Waals surface area contributed by atoms with Crippen LogP contribution in [0.5, 0.6) is 11.5 Å². The van der Waals surface area contributed by atoms with Gasteiger partial charge in [-0.05, 0) is 48.6 Å². The van der Waals surface area contributed by atoms with Crippen molar-refractivity contribution in [3.05, 3.63) is 53.6 Å². The maximum Gasteiger partial charge on any atom is 0.238 e. The SMILES string of the molecule is CCCCOc1ccc2c(c1)N(Cc1ccc(OC)cc1)C(=O)C21CCCC1. The lowest BCUT2D eigenvalue weighted by Gasteiger charge is -2.23. The highest BCUT2D eigenvalue weighted by atomic mass is 16.5. The van der Waals surface area contributed by atoms with E-state index in [-0.39, 0.29) is 11.3 Å². The number of fused-ring (bicyclic) bond motifs is 2. The minimum Gasteiger partial charge on any atom is -0.497 e. The van der Waals surface area contributed by atoms with E-state index in [1.165, 1.54) is 5.56 Å². The Labute approximate surface area is 167 Å². The van der Waals surface area contributed by atoms with Crippen LogP contribution in [0.15, 0.2) is 42.5 Å². The maximum absolute atomic E-state index is 13.5. The summed E-state index contributed by atoms with van der Waals surface area (Å²) in [4.78, 5) is 15.5. The van der Waals surface area contributed by atoms with Crippen molar-refractivity contribution in [1.82, 2.24) is 0 Å². The number of unbranched alkanes of at least 4 members (excludes halogenated alkanes) is 1. The number of rotatable bonds is 7. The summed E-state index contributed by atoms with van der Waals surface area (Å²) in [5, 5.41) is 0. The molecule has 0 N–H and O–H groups in total. The standard InChI is InChI=1S/C24H29NO3/c1-3-4-15-28-20-11-12-21-22(16-20)25(23(26)24(21)13-5-6-14-24)17-18-7-9-19(27-2)10-8-18/h7-12,16H,3-6,13-15,17H2,1-2H3. The molecule has 148 valence electrons. The highest BCUT2D eigenvalue weighted by molar-refractivity contribution is 6.08. The first-order valence-corrected chi connectivity index (χ1v) is 10.4. The van der Waals surface area contributed by atoms with Gasteiger partial charge in [0.15, 0.2) is 0 Å². The van der Waals surface area contributed by atoms with E-state index in [1.807, 2.05) is 35.2 Å². The lowest BCUT2D eigenvalue weighted by Crippen LogP contribution is -2.38. The Morgan fingerprint density at radius 3 is 2.43 bits per heavy atom. The molecule has 2 aromatic rings. The van der Waals surface area contributed by atoms with Crippen LogP contribution >= 0.6 is 0 Å². The van der Waals surface area contributed by atoms with Crippen LogP contribution in [0.1, 0.15) is 56.6 Å². The summed E-state index contributed by atoms with van der Waals surface area (Å²) < 4.78 is 11.2. The fraction of sp³-hybridized carbons (Fsp3) is 0.458. The molecule has 0 bridgehead atoms. The molecular weight excluding hydrogens is 350 g/mol. The second-order valence-electron chi connectivity index (χ2n) is 7.91. The number of carbonyl (C=O) groups is 1. The Bertz CT molecular complexity index is 837. The summed E-state index contributed by atoms with van der Waals surface area (Å²) in [6, 6.07) is 14.2. The van der Waals surface area contributed by atoms with Crippen molar-refractivity contribution >= 4 is 11.6 Å². The van der Waals surface area contributed by atoms with Crippen molar-refractivity contribution in [3.8, 4) is 11.5 Å². The molecule has 1 aliphatic heterocycles. The van der Waals surface area contributed by atoms with Crippen LogP contribution in [0.3, 0.4) is 0 Å². The van der Waals surface area contributed by atoms with E-state index >= 15 is 0 Å². The van der Waals surface area contributed by atoms with Gasteiger partial charge in [0.25, 0.3) is 0 Å². The van der Waals surface area contributed by atoms with Gasteiger partial charge < -0.3 is 14.4 Å². The monoisotopic (exact) mass is 379 g/mol. The number of anilines is 1. The van der Waals surface area contributed by atoms with Crippen molar-refractivity contribution in [2.24, 2.45) is 0 Å². The van der Waals surface area contributed by atoms with Crippen LogP contribution in [0.2, 0.25) is 0 Å². The average molecular weight is 380 g/mol. The summed E-state index contributed by atoms with van der Waals surface area (Å²) in [5.74, 6) is 1.94. The first kappa shape index (κ1) is 18.9. The third-order valence-corrected chi connectivity index (χ3v) is 6.15. The van der Waals surface area contributed by atoms with Gasteiger partial charge in [-0.3, -0.25) is 4.79 Å². The van der Waals surface area contributed by atoms with Gasteiger partial charge in [0.2, 0.25) is 5.91 Å². The van der Waals surface area contributed by atoms with Gasteiger partial charge in [-0.15, -0.1) is 0 Å². The molecule has 1 amide bonds. The topological polar surface area (TPSA) is 38.8 Å². The average Bonchev–Trinajstić information content (AvgIpc) is 3.30. The van der Waals surface area contributed by atoms with E-state index < -0.39 is 0 Å². The number of hydrogen-bond donors (Lipinski definition) is 0. The molecule has 28 heavy (non-hydrogen) atoms. The second-order valence-corrected chi connectivity index (χ2v) is 7.91. The Kier molecular flexibility index (Phi) is 5.29. The largest absolute Gasteiger partial charge is 0.497 e. The molecule has 0 saturated heterocycles. The third-order valence-electron chi connectivity index (χ3n) is 6.15. The van der Waals surface area contributed by atoms with E-state index in [0.29, 0.717) is 13.2 Å². The zero-order chi connectivity index (χ0) is 19.6. The molecular formula is C24H29NO3. The molecule has 0 unspecified atom stereocenters. The normalized spacial score (nSPS) is 17.2.